The number of hydrogen-bond acceptors (Lipinski definition) is 2. The zero-order chi connectivity index (χ0) is 9.80. The number of hydrogen-bond donors (Lipinski definition) is 1. The molecular weight excluding hydrogens is 174 g/mol. The van der Waals surface area contributed by atoms with E-state index in [1.165, 1.54) is 37.9 Å². The Hall–Kier alpha value is -0.830. The molecule has 1 heterocycles. The van der Waals surface area contributed by atoms with Crippen molar-refractivity contribution in [3.05, 3.63) is 18.2 Å². The third-order valence-electron chi connectivity index (χ3n) is 2.79. The van der Waals surface area contributed by atoms with E-state index in [1.807, 2.05) is 12.5 Å². The lowest BCUT2D eigenvalue weighted by Gasteiger charge is -2.03. The molecule has 1 aliphatic carbocycles. The van der Waals surface area contributed by atoms with Gasteiger partial charge in [-0.05, 0) is 38.6 Å². The largest absolute Gasteiger partial charge is 0.338 e. The number of unbranched alkanes of at least 4 members (excludes halogenated alkanes) is 1. The van der Waals surface area contributed by atoms with Crippen LogP contribution >= 0.6 is 0 Å². The second-order valence-electron chi connectivity index (χ2n) is 4.18. The Balaban J connectivity index is 1.56. The number of aryl methyl sites for hydroxylation is 2. The smallest absolute Gasteiger partial charge is 0.0945 e. The molecule has 1 N–H and O–H groups in total. The minimum absolute atomic E-state index is 0.853. The van der Waals surface area contributed by atoms with Crippen LogP contribution in [0.4, 0.5) is 0 Å². The molecule has 0 radical (unpaired) electrons. The first-order valence-electron chi connectivity index (χ1n) is 5.55. The van der Waals surface area contributed by atoms with Gasteiger partial charge in [0.25, 0.3) is 0 Å². The molecule has 1 fully saturated rings. The molecule has 1 aromatic heterocycles. The molecule has 0 aliphatic heterocycles. The zero-order valence-corrected chi connectivity index (χ0v) is 8.87. The molecule has 0 aromatic carbocycles. The third kappa shape index (κ3) is 2.84. The van der Waals surface area contributed by atoms with Crippen LogP contribution in [-0.4, -0.2) is 22.1 Å². The van der Waals surface area contributed by atoms with E-state index in [2.05, 4.69) is 21.9 Å². The van der Waals surface area contributed by atoms with Crippen LogP contribution in [0.5, 0.6) is 0 Å². The standard InChI is InChI=1S/C11H19N3/c1-14-9-12-8-11(14)4-2-3-7-13-10-5-6-10/h8-10,13H,2-7H2,1H3. The summed E-state index contributed by atoms with van der Waals surface area (Å²) in [7, 11) is 2.06. The minimum Gasteiger partial charge on any atom is -0.338 e. The van der Waals surface area contributed by atoms with Crippen LogP contribution in [0.2, 0.25) is 0 Å². The number of nitrogens with one attached hydrogen (secondary N) is 1. The highest BCUT2D eigenvalue weighted by Gasteiger charge is 2.19. The maximum absolute atomic E-state index is 4.11. The highest BCUT2D eigenvalue weighted by Crippen LogP contribution is 2.18. The summed E-state index contributed by atoms with van der Waals surface area (Å²) in [6.07, 6.45) is 10.3. The first-order valence-corrected chi connectivity index (χ1v) is 5.55. The molecule has 1 saturated carbocycles. The van der Waals surface area contributed by atoms with Crippen LogP contribution < -0.4 is 5.32 Å². The Morgan fingerprint density at radius 2 is 2.36 bits per heavy atom. The topological polar surface area (TPSA) is 29.9 Å². The summed E-state index contributed by atoms with van der Waals surface area (Å²) in [6.45, 7) is 1.18. The van der Waals surface area contributed by atoms with Gasteiger partial charge in [0.1, 0.15) is 0 Å². The van der Waals surface area contributed by atoms with Gasteiger partial charge in [-0.25, -0.2) is 4.98 Å². The van der Waals surface area contributed by atoms with Crippen LogP contribution in [0.3, 0.4) is 0 Å². The van der Waals surface area contributed by atoms with Gasteiger partial charge in [0, 0.05) is 25.0 Å². The van der Waals surface area contributed by atoms with Gasteiger partial charge in [0.15, 0.2) is 0 Å². The molecule has 0 spiro atoms. The fraction of sp³-hybridized carbons (Fsp3) is 0.727. The fourth-order valence-corrected chi connectivity index (χ4v) is 1.65. The van der Waals surface area contributed by atoms with Gasteiger partial charge in [-0.3, -0.25) is 0 Å². The summed E-state index contributed by atoms with van der Waals surface area (Å²) in [4.78, 5) is 4.11. The van der Waals surface area contributed by atoms with Crippen LogP contribution in [0.1, 0.15) is 31.4 Å². The van der Waals surface area contributed by atoms with Crippen LogP contribution in [0.15, 0.2) is 12.5 Å². The summed E-state index contributed by atoms with van der Waals surface area (Å²) in [5.74, 6) is 0. The average molecular weight is 193 g/mol. The lowest BCUT2D eigenvalue weighted by atomic mass is 10.2. The minimum atomic E-state index is 0.853. The molecule has 78 valence electrons. The summed E-state index contributed by atoms with van der Waals surface area (Å²) in [5.41, 5.74) is 1.34. The Bertz CT molecular complexity index is 276. The third-order valence-corrected chi connectivity index (χ3v) is 2.79. The molecule has 2 rings (SSSR count). The first kappa shape index (κ1) is 9.71. The van der Waals surface area contributed by atoms with Crippen molar-refractivity contribution in [2.24, 2.45) is 7.05 Å². The van der Waals surface area contributed by atoms with E-state index >= 15 is 0 Å². The van der Waals surface area contributed by atoms with E-state index in [0.717, 1.165) is 12.5 Å². The highest BCUT2D eigenvalue weighted by molar-refractivity contribution is 4.97. The van der Waals surface area contributed by atoms with Crippen molar-refractivity contribution in [3.63, 3.8) is 0 Å². The SMILES string of the molecule is Cn1cncc1CCCCNC1CC1. The summed E-state index contributed by atoms with van der Waals surface area (Å²) in [6, 6.07) is 0.853. The normalized spacial score (nSPS) is 16.1. The molecule has 0 atom stereocenters. The van der Waals surface area contributed by atoms with E-state index in [9.17, 15) is 0 Å². The quantitative estimate of drug-likeness (QED) is 0.694. The monoisotopic (exact) mass is 193 g/mol. The van der Waals surface area contributed by atoms with Gasteiger partial charge < -0.3 is 9.88 Å². The fourth-order valence-electron chi connectivity index (χ4n) is 1.65. The van der Waals surface area contributed by atoms with Gasteiger partial charge in [0.05, 0.1) is 6.33 Å². The molecule has 0 unspecified atom stereocenters. The zero-order valence-electron chi connectivity index (χ0n) is 8.87. The molecular formula is C11H19N3. The van der Waals surface area contributed by atoms with Crippen molar-refractivity contribution in [2.45, 2.75) is 38.1 Å². The number of imidazole rings is 1. The van der Waals surface area contributed by atoms with Crippen molar-refractivity contribution >= 4 is 0 Å². The summed E-state index contributed by atoms with van der Waals surface area (Å²) in [5, 5.41) is 3.53. The Kier molecular flexibility index (Phi) is 3.19. The van der Waals surface area contributed by atoms with Gasteiger partial charge >= 0.3 is 0 Å². The number of aromatic nitrogens is 2. The van der Waals surface area contributed by atoms with Crippen molar-refractivity contribution in [1.29, 1.82) is 0 Å². The highest BCUT2D eigenvalue weighted by atomic mass is 15.0. The van der Waals surface area contributed by atoms with Gasteiger partial charge in [-0.15, -0.1) is 0 Å². The van der Waals surface area contributed by atoms with E-state index in [-0.39, 0.29) is 0 Å². The predicted molar refractivity (Wildman–Crippen MR) is 57.2 cm³/mol. The molecule has 14 heavy (non-hydrogen) atoms. The molecule has 1 aliphatic rings. The molecule has 0 amide bonds. The van der Waals surface area contributed by atoms with E-state index in [4.69, 9.17) is 0 Å². The van der Waals surface area contributed by atoms with E-state index < -0.39 is 0 Å². The molecule has 0 bridgehead atoms. The van der Waals surface area contributed by atoms with E-state index in [1.54, 1.807) is 0 Å². The molecule has 0 saturated heterocycles. The van der Waals surface area contributed by atoms with Crippen molar-refractivity contribution in [1.82, 2.24) is 14.9 Å². The molecule has 3 heteroatoms. The summed E-state index contributed by atoms with van der Waals surface area (Å²) < 4.78 is 2.11. The number of nitrogens with zero attached hydrogens (tertiary/aromatic N) is 2. The lowest BCUT2D eigenvalue weighted by Crippen LogP contribution is -2.17. The van der Waals surface area contributed by atoms with E-state index in [0.29, 0.717) is 0 Å². The second-order valence-corrected chi connectivity index (χ2v) is 4.18. The first-order chi connectivity index (χ1) is 6.86. The van der Waals surface area contributed by atoms with Crippen molar-refractivity contribution in [2.75, 3.05) is 6.54 Å². The van der Waals surface area contributed by atoms with Crippen molar-refractivity contribution < 1.29 is 0 Å². The predicted octanol–water partition coefficient (Wildman–Crippen LogP) is 1.49. The van der Waals surface area contributed by atoms with Crippen molar-refractivity contribution in [3.8, 4) is 0 Å². The average Bonchev–Trinajstić information content (AvgIpc) is 2.91. The Morgan fingerprint density at radius 1 is 1.50 bits per heavy atom. The second kappa shape index (κ2) is 4.60. The van der Waals surface area contributed by atoms with Crippen LogP contribution in [0, 0.1) is 0 Å². The maximum Gasteiger partial charge on any atom is 0.0945 e. The Labute approximate surface area is 85.5 Å². The maximum atomic E-state index is 4.11. The van der Waals surface area contributed by atoms with Crippen LogP contribution in [0.25, 0.3) is 0 Å². The molecule has 3 nitrogen and oxygen atoms in total. The van der Waals surface area contributed by atoms with Gasteiger partial charge in [-0.2, -0.15) is 0 Å². The summed E-state index contributed by atoms with van der Waals surface area (Å²) >= 11 is 0. The Morgan fingerprint density at radius 3 is 3.00 bits per heavy atom. The van der Waals surface area contributed by atoms with Gasteiger partial charge in [0.2, 0.25) is 0 Å². The lowest BCUT2D eigenvalue weighted by molar-refractivity contribution is 0.611. The number of rotatable bonds is 6. The van der Waals surface area contributed by atoms with Gasteiger partial charge in [-0.1, -0.05) is 0 Å². The van der Waals surface area contributed by atoms with Crippen LogP contribution in [-0.2, 0) is 13.5 Å². The molecule has 1 aromatic rings.